The molecule has 0 radical (unpaired) electrons. The number of pyridine rings is 1. The molecule has 3 atom stereocenters. The Morgan fingerprint density at radius 3 is 2.21 bits per heavy atom. The standard InChI is InChI=1S/C28H39N3O2/c32-28(33)27(23-10-5-2-6-11-23)31-19-25(22-8-3-1-4-9-22)26(20-31)30-16-13-21(14-17-30)24-12-7-15-29-18-24/h1,3-4,7-9,12,15,18,21,23,25-28,32-33H,2,5-6,10-11,13-14,16-17,19-20H2. The van der Waals surface area contributed by atoms with Crippen LogP contribution in [-0.4, -0.2) is 69.5 Å². The number of benzene rings is 1. The average molecular weight is 450 g/mol. The van der Waals surface area contributed by atoms with Crippen LogP contribution < -0.4 is 0 Å². The van der Waals surface area contributed by atoms with Crippen LogP contribution in [-0.2, 0) is 0 Å². The van der Waals surface area contributed by atoms with Crippen molar-refractivity contribution in [3.8, 4) is 0 Å². The minimum Gasteiger partial charge on any atom is -0.367 e. The van der Waals surface area contributed by atoms with Crippen LogP contribution in [0.5, 0.6) is 0 Å². The first-order chi connectivity index (χ1) is 16.2. The Hall–Kier alpha value is -1.79. The van der Waals surface area contributed by atoms with Gasteiger partial charge in [-0.15, -0.1) is 0 Å². The Balaban J connectivity index is 1.33. The number of nitrogens with zero attached hydrogens (tertiary/aromatic N) is 3. The van der Waals surface area contributed by atoms with Crippen LogP contribution in [0.25, 0.3) is 0 Å². The molecule has 1 saturated carbocycles. The quantitative estimate of drug-likeness (QED) is 0.653. The molecule has 5 rings (SSSR count). The van der Waals surface area contributed by atoms with Gasteiger partial charge in [-0.2, -0.15) is 0 Å². The minimum absolute atomic E-state index is 0.144. The molecule has 2 aliphatic heterocycles. The molecular weight excluding hydrogens is 410 g/mol. The summed E-state index contributed by atoms with van der Waals surface area (Å²) in [4.78, 5) is 9.44. The average Bonchev–Trinajstić information content (AvgIpc) is 3.30. The Labute approximate surface area is 198 Å². The monoisotopic (exact) mass is 449 g/mol. The summed E-state index contributed by atoms with van der Waals surface area (Å²) in [6.45, 7) is 4.03. The van der Waals surface area contributed by atoms with Crippen LogP contribution in [0.1, 0.15) is 67.9 Å². The molecule has 178 valence electrons. The number of piperidine rings is 1. The first-order valence-corrected chi connectivity index (χ1v) is 13.0. The van der Waals surface area contributed by atoms with E-state index in [-0.39, 0.29) is 6.04 Å². The van der Waals surface area contributed by atoms with Gasteiger partial charge in [-0.05, 0) is 67.8 Å². The summed E-state index contributed by atoms with van der Waals surface area (Å²) < 4.78 is 0. The molecule has 3 fully saturated rings. The first-order valence-electron chi connectivity index (χ1n) is 13.0. The fourth-order valence-corrected chi connectivity index (χ4v) is 6.85. The molecule has 3 unspecified atom stereocenters. The molecule has 0 amide bonds. The number of aromatic nitrogens is 1. The number of hydrogen-bond donors (Lipinski definition) is 2. The largest absolute Gasteiger partial charge is 0.367 e. The summed E-state index contributed by atoms with van der Waals surface area (Å²) in [5.74, 6) is 1.40. The van der Waals surface area contributed by atoms with Gasteiger partial charge < -0.3 is 10.2 Å². The lowest BCUT2D eigenvalue weighted by molar-refractivity contribution is -0.118. The van der Waals surface area contributed by atoms with E-state index in [2.05, 4.69) is 51.2 Å². The van der Waals surface area contributed by atoms with Crippen LogP contribution in [0.2, 0.25) is 0 Å². The van der Waals surface area contributed by atoms with E-state index in [4.69, 9.17) is 0 Å². The normalized spacial score (nSPS) is 27.2. The molecule has 0 spiro atoms. The van der Waals surface area contributed by atoms with Crippen LogP contribution in [0, 0.1) is 5.92 Å². The molecule has 1 aromatic heterocycles. The van der Waals surface area contributed by atoms with E-state index in [1.165, 1.54) is 43.2 Å². The predicted octanol–water partition coefficient (Wildman–Crippen LogP) is 3.99. The van der Waals surface area contributed by atoms with Crippen molar-refractivity contribution >= 4 is 0 Å². The van der Waals surface area contributed by atoms with Gasteiger partial charge in [0.05, 0.1) is 6.04 Å². The number of rotatable bonds is 6. The first kappa shape index (κ1) is 23.0. The van der Waals surface area contributed by atoms with Gasteiger partial charge in [0.15, 0.2) is 6.29 Å². The second-order valence-electron chi connectivity index (χ2n) is 10.4. The van der Waals surface area contributed by atoms with Gasteiger partial charge in [-0.1, -0.05) is 55.7 Å². The molecule has 0 bridgehead atoms. The Morgan fingerprint density at radius 2 is 1.55 bits per heavy atom. The molecule has 1 aromatic carbocycles. The maximum Gasteiger partial charge on any atom is 0.167 e. The summed E-state index contributed by atoms with van der Waals surface area (Å²) in [5.41, 5.74) is 2.75. The lowest BCUT2D eigenvalue weighted by Crippen LogP contribution is -2.50. The van der Waals surface area contributed by atoms with Crippen molar-refractivity contribution in [2.24, 2.45) is 5.92 Å². The topological polar surface area (TPSA) is 59.8 Å². The summed E-state index contributed by atoms with van der Waals surface area (Å²) in [5, 5.41) is 20.9. The van der Waals surface area contributed by atoms with Crippen LogP contribution in [0.3, 0.4) is 0 Å². The number of aliphatic hydroxyl groups excluding tert-OH is 1. The summed E-state index contributed by atoms with van der Waals surface area (Å²) in [7, 11) is 0. The second kappa shape index (κ2) is 10.6. The summed E-state index contributed by atoms with van der Waals surface area (Å²) in [6, 6.07) is 15.4. The van der Waals surface area contributed by atoms with Crippen molar-refractivity contribution in [2.45, 2.75) is 75.2 Å². The number of aliphatic hydroxyl groups is 2. The molecule has 2 N–H and O–H groups in total. The van der Waals surface area contributed by atoms with Gasteiger partial charge in [-0.25, -0.2) is 0 Å². The van der Waals surface area contributed by atoms with E-state index in [0.29, 0.717) is 23.8 Å². The van der Waals surface area contributed by atoms with Crippen molar-refractivity contribution in [3.63, 3.8) is 0 Å². The second-order valence-corrected chi connectivity index (χ2v) is 10.4. The van der Waals surface area contributed by atoms with Crippen molar-refractivity contribution in [1.82, 2.24) is 14.8 Å². The smallest absolute Gasteiger partial charge is 0.167 e. The molecule has 2 saturated heterocycles. The summed E-state index contributed by atoms with van der Waals surface area (Å²) >= 11 is 0. The zero-order valence-electron chi connectivity index (χ0n) is 19.7. The SMILES string of the molecule is OC(O)C(C1CCCCC1)N1CC(c2ccccc2)C(N2CCC(c3cccnc3)CC2)C1. The Bertz CT molecular complexity index is 848. The van der Waals surface area contributed by atoms with E-state index >= 15 is 0 Å². The van der Waals surface area contributed by atoms with E-state index in [1.54, 1.807) is 0 Å². The highest BCUT2D eigenvalue weighted by Crippen LogP contribution is 2.39. The fourth-order valence-electron chi connectivity index (χ4n) is 6.85. The van der Waals surface area contributed by atoms with Crippen LogP contribution >= 0.6 is 0 Å². The highest BCUT2D eigenvalue weighted by Gasteiger charge is 2.44. The third-order valence-electron chi connectivity index (χ3n) is 8.56. The predicted molar refractivity (Wildman–Crippen MR) is 131 cm³/mol. The lowest BCUT2D eigenvalue weighted by atomic mass is 9.83. The van der Waals surface area contributed by atoms with Gasteiger partial charge >= 0.3 is 0 Å². The Morgan fingerprint density at radius 1 is 0.818 bits per heavy atom. The molecule has 33 heavy (non-hydrogen) atoms. The van der Waals surface area contributed by atoms with E-state index in [0.717, 1.165) is 39.0 Å². The maximum absolute atomic E-state index is 10.4. The van der Waals surface area contributed by atoms with E-state index in [1.807, 2.05) is 18.5 Å². The molecule has 3 aliphatic rings. The molecule has 2 aromatic rings. The van der Waals surface area contributed by atoms with Crippen LogP contribution in [0.4, 0.5) is 0 Å². The van der Waals surface area contributed by atoms with E-state index < -0.39 is 6.29 Å². The Kier molecular flexibility index (Phi) is 7.41. The fraction of sp³-hybridized carbons (Fsp3) is 0.607. The van der Waals surface area contributed by atoms with Gasteiger partial charge in [0.25, 0.3) is 0 Å². The van der Waals surface area contributed by atoms with Crippen molar-refractivity contribution in [2.75, 3.05) is 26.2 Å². The minimum atomic E-state index is -1.26. The summed E-state index contributed by atoms with van der Waals surface area (Å²) in [6.07, 6.45) is 10.9. The van der Waals surface area contributed by atoms with Gasteiger partial charge in [0.2, 0.25) is 0 Å². The molecule has 1 aliphatic carbocycles. The lowest BCUT2D eigenvalue weighted by Gasteiger charge is -2.39. The van der Waals surface area contributed by atoms with Crippen molar-refractivity contribution < 1.29 is 10.2 Å². The van der Waals surface area contributed by atoms with E-state index in [9.17, 15) is 10.2 Å². The highest BCUT2D eigenvalue weighted by atomic mass is 16.5. The van der Waals surface area contributed by atoms with Gasteiger partial charge in [-0.3, -0.25) is 14.8 Å². The number of likely N-dealkylation sites (tertiary alicyclic amines) is 2. The zero-order valence-corrected chi connectivity index (χ0v) is 19.7. The van der Waals surface area contributed by atoms with Crippen molar-refractivity contribution in [3.05, 3.63) is 66.0 Å². The van der Waals surface area contributed by atoms with Gasteiger partial charge in [0.1, 0.15) is 0 Å². The third kappa shape index (κ3) is 5.17. The zero-order chi connectivity index (χ0) is 22.6. The highest BCUT2D eigenvalue weighted by molar-refractivity contribution is 5.25. The molecule has 5 nitrogen and oxygen atoms in total. The maximum atomic E-state index is 10.4. The van der Waals surface area contributed by atoms with Crippen molar-refractivity contribution in [1.29, 1.82) is 0 Å². The third-order valence-corrected chi connectivity index (χ3v) is 8.56. The van der Waals surface area contributed by atoms with Crippen LogP contribution in [0.15, 0.2) is 54.9 Å². The number of hydrogen-bond acceptors (Lipinski definition) is 5. The molecular formula is C28H39N3O2. The molecule has 5 heteroatoms. The van der Waals surface area contributed by atoms with Gasteiger partial charge in [0, 0.05) is 37.4 Å². The molecule has 3 heterocycles.